The first-order valence-electron chi connectivity index (χ1n) is 9.06. The number of nitrogens with zero attached hydrogens (tertiary/aromatic N) is 1. The summed E-state index contributed by atoms with van der Waals surface area (Å²) >= 11 is 0. The lowest BCUT2D eigenvalue weighted by Gasteiger charge is -2.28. The molecule has 0 bridgehead atoms. The molecule has 1 amide bonds. The number of anilines is 1. The zero-order chi connectivity index (χ0) is 20.3. The van der Waals surface area contributed by atoms with Crippen molar-refractivity contribution in [3.63, 3.8) is 0 Å². The first-order valence-corrected chi connectivity index (χ1v) is 9.06. The largest absolute Gasteiger partial charge is 0.493 e. The number of fused-ring (bicyclic) bond motifs is 1. The molecule has 0 fully saturated rings. The van der Waals surface area contributed by atoms with E-state index in [9.17, 15) is 9.59 Å². The quantitative estimate of drug-likeness (QED) is 0.583. The maximum Gasteiger partial charge on any atom is 0.307 e. The highest BCUT2D eigenvalue weighted by molar-refractivity contribution is 6.00. The van der Waals surface area contributed by atoms with E-state index in [1.165, 1.54) is 7.11 Å². The summed E-state index contributed by atoms with van der Waals surface area (Å²) in [7, 11) is 2.89. The lowest BCUT2D eigenvalue weighted by molar-refractivity contribution is -0.141. The van der Waals surface area contributed by atoms with E-state index < -0.39 is 12.0 Å². The first-order chi connectivity index (χ1) is 13.5. The van der Waals surface area contributed by atoms with Gasteiger partial charge in [0, 0.05) is 23.4 Å². The van der Waals surface area contributed by atoms with Gasteiger partial charge in [0.1, 0.15) is 0 Å². The average Bonchev–Trinajstić information content (AvgIpc) is 3.04. The number of benzene rings is 2. The minimum Gasteiger partial charge on any atom is -0.493 e. The molecule has 0 radical (unpaired) electrons. The van der Waals surface area contributed by atoms with E-state index in [1.54, 1.807) is 42.3 Å². The summed E-state index contributed by atoms with van der Waals surface area (Å²) in [5, 5.41) is 0. The minimum atomic E-state index is -0.517. The fourth-order valence-corrected chi connectivity index (χ4v) is 3.45. The molecule has 1 atom stereocenters. The minimum absolute atomic E-state index is 0.0219. The number of nitrogens with two attached hydrogens (primary N) is 1. The normalized spacial score (nSPS) is 13.8. The number of hydrogen-bond donors (Lipinski definition) is 1. The smallest absolute Gasteiger partial charge is 0.307 e. The van der Waals surface area contributed by atoms with Crippen molar-refractivity contribution in [3.05, 3.63) is 53.1 Å². The van der Waals surface area contributed by atoms with Crippen LogP contribution in [0.5, 0.6) is 11.5 Å². The summed E-state index contributed by atoms with van der Waals surface area (Å²) in [6.07, 6.45) is 0.0219. The van der Waals surface area contributed by atoms with Crippen LogP contribution < -0.4 is 15.2 Å². The number of hydrogen-bond acceptors (Lipinski definition) is 6. The third-order valence-electron chi connectivity index (χ3n) is 4.87. The van der Waals surface area contributed by atoms with Crippen molar-refractivity contribution in [1.82, 2.24) is 4.90 Å². The Balaban J connectivity index is 2.01. The Morgan fingerprint density at radius 2 is 2.00 bits per heavy atom. The molecule has 0 saturated heterocycles. The maximum atomic E-state index is 13.0. The molecule has 7 nitrogen and oxygen atoms in total. The van der Waals surface area contributed by atoms with Gasteiger partial charge in [-0.3, -0.25) is 9.59 Å². The van der Waals surface area contributed by atoms with Crippen LogP contribution in [-0.4, -0.2) is 37.6 Å². The van der Waals surface area contributed by atoms with E-state index in [1.807, 2.05) is 13.0 Å². The van der Waals surface area contributed by atoms with Crippen LogP contribution >= 0.6 is 0 Å². The van der Waals surface area contributed by atoms with Crippen LogP contribution in [0.15, 0.2) is 36.4 Å². The van der Waals surface area contributed by atoms with Crippen molar-refractivity contribution < 1.29 is 23.8 Å². The van der Waals surface area contributed by atoms with Crippen molar-refractivity contribution in [3.8, 4) is 11.5 Å². The van der Waals surface area contributed by atoms with Crippen molar-refractivity contribution in [2.75, 3.05) is 26.6 Å². The lowest BCUT2D eigenvalue weighted by atomic mass is 10.0. The second-order valence-corrected chi connectivity index (χ2v) is 6.45. The molecule has 2 aromatic carbocycles. The van der Waals surface area contributed by atoms with Crippen LogP contribution in [0.4, 0.5) is 5.69 Å². The Labute approximate surface area is 164 Å². The molecule has 2 N–H and O–H groups in total. The predicted molar refractivity (Wildman–Crippen MR) is 104 cm³/mol. The van der Waals surface area contributed by atoms with E-state index in [4.69, 9.17) is 19.9 Å². The highest BCUT2D eigenvalue weighted by atomic mass is 16.5. The van der Waals surface area contributed by atoms with E-state index in [0.29, 0.717) is 35.9 Å². The van der Waals surface area contributed by atoms with Gasteiger partial charge in [0.25, 0.3) is 5.91 Å². The van der Waals surface area contributed by atoms with Gasteiger partial charge >= 0.3 is 5.97 Å². The molecule has 0 aromatic heterocycles. The second-order valence-electron chi connectivity index (χ2n) is 6.45. The summed E-state index contributed by atoms with van der Waals surface area (Å²) < 4.78 is 15.9. The molecule has 0 aliphatic carbocycles. The molecule has 1 heterocycles. The van der Waals surface area contributed by atoms with E-state index >= 15 is 0 Å². The Bertz CT molecular complexity index is 896. The van der Waals surface area contributed by atoms with Gasteiger partial charge in [-0.25, -0.2) is 0 Å². The van der Waals surface area contributed by atoms with Crippen molar-refractivity contribution in [2.45, 2.75) is 25.9 Å². The number of carbonyl (C=O) groups is 2. The Hall–Kier alpha value is -3.22. The van der Waals surface area contributed by atoms with Crippen LogP contribution in [0.3, 0.4) is 0 Å². The van der Waals surface area contributed by atoms with Gasteiger partial charge in [0.05, 0.1) is 33.3 Å². The average molecular weight is 384 g/mol. The predicted octanol–water partition coefficient (Wildman–Crippen LogP) is 2.94. The topological polar surface area (TPSA) is 91.1 Å². The van der Waals surface area contributed by atoms with Crippen LogP contribution in [0.1, 0.15) is 40.9 Å². The van der Waals surface area contributed by atoms with E-state index in [2.05, 4.69) is 0 Å². The molecule has 148 valence electrons. The molecule has 1 aliphatic heterocycles. The molecule has 3 rings (SSSR count). The van der Waals surface area contributed by atoms with Gasteiger partial charge in [-0.15, -0.1) is 0 Å². The molecule has 1 aliphatic rings. The molecule has 0 saturated carbocycles. The van der Waals surface area contributed by atoms with Crippen LogP contribution in [0.2, 0.25) is 0 Å². The van der Waals surface area contributed by atoms with Crippen LogP contribution in [-0.2, 0) is 16.1 Å². The number of ether oxygens (including phenoxy) is 3. The van der Waals surface area contributed by atoms with Gasteiger partial charge in [-0.2, -0.15) is 0 Å². The third-order valence-corrected chi connectivity index (χ3v) is 4.87. The highest BCUT2D eigenvalue weighted by Crippen LogP contribution is 2.38. The molecule has 7 heteroatoms. The van der Waals surface area contributed by atoms with Gasteiger partial charge < -0.3 is 24.8 Å². The fraction of sp³-hybridized carbons (Fsp3) is 0.333. The highest BCUT2D eigenvalue weighted by Gasteiger charge is 2.36. The van der Waals surface area contributed by atoms with Crippen molar-refractivity contribution in [1.29, 1.82) is 0 Å². The van der Waals surface area contributed by atoms with Crippen molar-refractivity contribution in [2.24, 2.45) is 0 Å². The SMILES string of the molecule is CCOc1cc(C(CC(=O)OC)N2Cc3c(N)cccc3C2=O)ccc1OC. The summed E-state index contributed by atoms with van der Waals surface area (Å²) in [5.41, 5.74) is 8.72. The number of esters is 1. The summed E-state index contributed by atoms with van der Waals surface area (Å²) in [5.74, 6) is 0.573. The number of amides is 1. The van der Waals surface area contributed by atoms with Gasteiger partial charge in [0.15, 0.2) is 11.5 Å². The zero-order valence-corrected chi connectivity index (χ0v) is 16.2. The van der Waals surface area contributed by atoms with Crippen LogP contribution in [0, 0.1) is 0 Å². The van der Waals surface area contributed by atoms with Crippen LogP contribution in [0.25, 0.3) is 0 Å². The number of carbonyl (C=O) groups excluding carboxylic acids is 2. The zero-order valence-electron chi connectivity index (χ0n) is 16.2. The van der Waals surface area contributed by atoms with E-state index in [0.717, 1.165) is 11.1 Å². The second kappa shape index (κ2) is 8.21. The summed E-state index contributed by atoms with van der Waals surface area (Å²) in [6.45, 7) is 2.67. The maximum absolute atomic E-state index is 13.0. The van der Waals surface area contributed by atoms with Gasteiger partial charge in [-0.05, 0) is 36.8 Å². The van der Waals surface area contributed by atoms with Crippen molar-refractivity contribution >= 4 is 17.6 Å². The molecule has 2 aromatic rings. The Kier molecular flexibility index (Phi) is 5.73. The fourth-order valence-electron chi connectivity index (χ4n) is 3.45. The molecule has 0 spiro atoms. The molecule has 28 heavy (non-hydrogen) atoms. The number of rotatable bonds is 7. The summed E-state index contributed by atoms with van der Waals surface area (Å²) in [6, 6.07) is 10.2. The first kappa shape index (κ1) is 19.5. The molecular weight excluding hydrogens is 360 g/mol. The number of nitrogen functional groups attached to an aromatic ring is 1. The lowest BCUT2D eigenvalue weighted by Crippen LogP contribution is -2.31. The Morgan fingerprint density at radius 3 is 2.64 bits per heavy atom. The van der Waals surface area contributed by atoms with Gasteiger partial charge in [0.2, 0.25) is 0 Å². The molecule has 1 unspecified atom stereocenters. The third kappa shape index (κ3) is 3.60. The van der Waals surface area contributed by atoms with E-state index in [-0.39, 0.29) is 12.3 Å². The summed E-state index contributed by atoms with van der Waals surface area (Å²) in [4.78, 5) is 26.8. The monoisotopic (exact) mass is 384 g/mol. The Morgan fingerprint density at radius 1 is 1.21 bits per heavy atom. The van der Waals surface area contributed by atoms with Gasteiger partial charge in [-0.1, -0.05) is 12.1 Å². The standard InChI is InChI=1S/C21H24N2O5/c1-4-28-19-10-13(8-9-18(19)26-2)17(11-20(24)27-3)23-12-15-14(21(23)25)6-5-7-16(15)22/h5-10,17H,4,11-12,22H2,1-3H3. The number of methoxy groups -OCH3 is 2. The molecular formula is C21H24N2O5.